The van der Waals surface area contributed by atoms with Gasteiger partial charge in [-0.3, -0.25) is 4.79 Å². The zero-order chi connectivity index (χ0) is 20.9. The molecule has 7 nitrogen and oxygen atoms in total. The lowest BCUT2D eigenvalue weighted by Crippen LogP contribution is -2.40. The molecule has 1 aliphatic rings. The van der Waals surface area contributed by atoms with Crippen molar-refractivity contribution >= 4 is 27.3 Å². The highest BCUT2D eigenvalue weighted by molar-refractivity contribution is 7.91. The number of benzene rings is 1. The van der Waals surface area contributed by atoms with Crippen LogP contribution in [0.15, 0.2) is 40.6 Å². The van der Waals surface area contributed by atoms with Crippen LogP contribution in [0.4, 0.5) is 0 Å². The largest absolute Gasteiger partial charge is 0.484 e. The highest BCUT2D eigenvalue weighted by atomic mass is 32.2. The van der Waals surface area contributed by atoms with Crippen molar-refractivity contribution in [1.29, 1.82) is 0 Å². The van der Waals surface area contributed by atoms with Gasteiger partial charge in [0.2, 0.25) is 0 Å². The van der Waals surface area contributed by atoms with Crippen molar-refractivity contribution in [3.8, 4) is 5.75 Å². The van der Waals surface area contributed by atoms with E-state index >= 15 is 0 Å². The molecule has 0 unspecified atom stereocenters. The van der Waals surface area contributed by atoms with Gasteiger partial charge in [-0.2, -0.15) is 4.31 Å². The second-order valence-electron chi connectivity index (χ2n) is 7.03. The fraction of sp³-hybridized carbons (Fsp3) is 0.450. The Morgan fingerprint density at radius 2 is 2.00 bits per heavy atom. The molecule has 1 aromatic heterocycles. The minimum atomic E-state index is -3.50. The van der Waals surface area contributed by atoms with Crippen molar-refractivity contribution in [3.05, 3.63) is 46.8 Å². The number of hydrogen-bond acceptors (Lipinski definition) is 6. The molecule has 1 fully saturated rings. The summed E-state index contributed by atoms with van der Waals surface area (Å²) < 4.78 is 37.8. The molecule has 1 aromatic carbocycles. The molecule has 9 heteroatoms. The Hall–Kier alpha value is -1.94. The van der Waals surface area contributed by atoms with E-state index < -0.39 is 10.0 Å². The molecule has 1 N–H and O–H groups in total. The molecule has 29 heavy (non-hydrogen) atoms. The molecule has 158 valence electrons. The quantitative estimate of drug-likeness (QED) is 0.685. The molecule has 2 aromatic rings. The fourth-order valence-electron chi connectivity index (χ4n) is 2.86. The fourth-order valence-corrected chi connectivity index (χ4v) is 5.71. The van der Waals surface area contributed by atoms with Crippen molar-refractivity contribution in [1.82, 2.24) is 9.62 Å². The standard InChI is InChI=1S/C20H26N2O5S2/c1-15(2)16-4-3-5-17(12-16)27-14-19(23)21-13-18-6-7-20(28-18)29(24,25)22-8-10-26-11-9-22/h3-7,12,15H,8-11,13-14H2,1-2H3,(H,21,23). The van der Waals surface area contributed by atoms with Crippen LogP contribution in [-0.2, 0) is 26.1 Å². The molecule has 0 spiro atoms. The first kappa shape index (κ1) is 21.8. The van der Waals surface area contributed by atoms with Crippen LogP contribution < -0.4 is 10.1 Å². The molecule has 1 aliphatic heterocycles. The Labute approximate surface area is 175 Å². The van der Waals surface area contributed by atoms with E-state index in [2.05, 4.69) is 19.2 Å². The molecule has 0 radical (unpaired) electrons. The predicted molar refractivity (Wildman–Crippen MR) is 112 cm³/mol. The Morgan fingerprint density at radius 3 is 2.72 bits per heavy atom. The number of amides is 1. The lowest BCUT2D eigenvalue weighted by molar-refractivity contribution is -0.123. The summed E-state index contributed by atoms with van der Waals surface area (Å²) in [4.78, 5) is 12.9. The molecular weight excluding hydrogens is 412 g/mol. The Kier molecular flexibility index (Phi) is 7.28. The third-order valence-electron chi connectivity index (χ3n) is 4.56. The summed E-state index contributed by atoms with van der Waals surface area (Å²) in [7, 11) is -3.50. The monoisotopic (exact) mass is 438 g/mol. The van der Waals surface area contributed by atoms with Crippen molar-refractivity contribution in [2.24, 2.45) is 0 Å². The van der Waals surface area contributed by atoms with Crippen LogP contribution in [0.25, 0.3) is 0 Å². The number of thiophene rings is 1. The van der Waals surface area contributed by atoms with Gasteiger partial charge in [0, 0.05) is 18.0 Å². The zero-order valence-electron chi connectivity index (χ0n) is 16.6. The first-order valence-corrected chi connectivity index (χ1v) is 11.8. The SMILES string of the molecule is CC(C)c1cccc(OCC(=O)NCc2ccc(S(=O)(=O)N3CCOCC3)s2)c1. The van der Waals surface area contributed by atoms with Crippen LogP contribution in [-0.4, -0.2) is 51.5 Å². The molecule has 3 rings (SSSR count). The van der Waals surface area contributed by atoms with Crippen molar-refractivity contribution in [2.75, 3.05) is 32.9 Å². The van der Waals surface area contributed by atoms with Crippen molar-refractivity contribution in [3.63, 3.8) is 0 Å². The summed E-state index contributed by atoms with van der Waals surface area (Å²) in [6.45, 7) is 5.91. The second kappa shape index (κ2) is 9.71. The normalized spacial score (nSPS) is 15.4. The molecule has 0 bridgehead atoms. The summed E-state index contributed by atoms with van der Waals surface area (Å²) in [5.74, 6) is 0.779. The van der Waals surface area contributed by atoms with Crippen LogP contribution in [0.5, 0.6) is 5.75 Å². The van der Waals surface area contributed by atoms with Crippen LogP contribution >= 0.6 is 11.3 Å². The minimum absolute atomic E-state index is 0.0914. The molecule has 0 aliphatic carbocycles. The van der Waals surface area contributed by atoms with E-state index in [1.807, 2.05) is 24.3 Å². The Balaban J connectivity index is 1.50. The number of rotatable bonds is 8. The zero-order valence-corrected chi connectivity index (χ0v) is 18.2. The van der Waals surface area contributed by atoms with E-state index in [0.29, 0.717) is 38.0 Å². The first-order chi connectivity index (χ1) is 13.9. The van der Waals surface area contributed by atoms with E-state index in [-0.39, 0.29) is 23.3 Å². The number of sulfonamides is 1. The van der Waals surface area contributed by atoms with E-state index in [1.165, 1.54) is 15.6 Å². The van der Waals surface area contributed by atoms with Gasteiger partial charge < -0.3 is 14.8 Å². The summed E-state index contributed by atoms with van der Waals surface area (Å²) in [5.41, 5.74) is 1.15. The van der Waals surface area contributed by atoms with Crippen LogP contribution in [0.1, 0.15) is 30.2 Å². The van der Waals surface area contributed by atoms with Crippen molar-refractivity contribution in [2.45, 2.75) is 30.5 Å². The summed E-state index contributed by atoms with van der Waals surface area (Å²) in [6.07, 6.45) is 0. The van der Waals surface area contributed by atoms with Gasteiger partial charge in [-0.15, -0.1) is 11.3 Å². The van der Waals surface area contributed by atoms with E-state index in [9.17, 15) is 13.2 Å². The van der Waals surface area contributed by atoms with Gasteiger partial charge in [0.1, 0.15) is 9.96 Å². The maximum absolute atomic E-state index is 12.6. The third-order valence-corrected chi connectivity index (χ3v) is 8.01. The highest BCUT2D eigenvalue weighted by Crippen LogP contribution is 2.25. The summed E-state index contributed by atoms with van der Waals surface area (Å²) in [5, 5.41) is 2.77. The summed E-state index contributed by atoms with van der Waals surface area (Å²) >= 11 is 1.17. The van der Waals surface area contributed by atoms with Crippen molar-refractivity contribution < 1.29 is 22.7 Å². The molecule has 0 atom stereocenters. The lowest BCUT2D eigenvalue weighted by atomic mass is 10.0. The maximum atomic E-state index is 12.6. The topological polar surface area (TPSA) is 84.9 Å². The van der Waals surface area contributed by atoms with Crippen LogP contribution in [0.2, 0.25) is 0 Å². The number of nitrogens with zero attached hydrogens (tertiary/aromatic N) is 1. The molecule has 1 saturated heterocycles. The van der Waals surface area contributed by atoms with E-state index in [1.54, 1.807) is 12.1 Å². The van der Waals surface area contributed by atoms with E-state index in [4.69, 9.17) is 9.47 Å². The third kappa shape index (κ3) is 5.79. The van der Waals surface area contributed by atoms with Crippen LogP contribution in [0.3, 0.4) is 0 Å². The Bertz CT molecular complexity index is 934. The van der Waals surface area contributed by atoms with Crippen LogP contribution in [0, 0.1) is 0 Å². The number of morpholine rings is 1. The number of ether oxygens (including phenoxy) is 2. The molecule has 1 amide bonds. The number of carbonyl (C=O) groups excluding carboxylic acids is 1. The average Bonchev–Trinajstić information content (AvgIpc) is 3.21. The van der Waals surface area contributed by atoms with Gasteiger partial charge >= 0.3 is 0 Å². The predicted octanol–water partition coefficient (Wildman–Crippen LogP) is 2.59. The Morgan fingerprint density at radius 1 is 1.24 bits per heavy atom. The number of carbonyl (C=O) groups is 1. The molecule has 0 saturated carbocycles. The minimum Gasteiger partial charge on any atom is -0.484 e. The maximum Gasteiger partial charge on any atom is 0.258 e. The van der Waals surface area contributed by atoms with Gasteiger partial charge in [0.15, 0.2) is 6.61 Å². The lowest BCUT2D eigenvalue weighted by Gasteiger charge is -2.25. The smallest absolute Gasteiger partial charge is 0.258 e. The van der Waals surface area contributed by atoms with E-state index in [0.717, 1.165) is 10.4 Å². The molecule has 2 heterocycles. The number of hydrogen-bond donors (Lipinski definition) is 1. The highest BCUT2D eigenvalue weighted by Gasteiger charge is 2.27. The van der Waals surface area contributed by atoms with Gasteiger partial charge in [0.25, 0.3) is 15.9 Å². The van der Waals surface area contributed by atoms with Gasteiger partial charge in [-0.1, -0.05) is 26.0 Å². The number of nitrogens with one attached hydrogen (secondary N) is 1. The first-order valence-electron chi connectivity index (χ1n) is 9.52. The van der Waals surface area contributed by atoms with Gasteiger partial charge in [0.05, 0.1) is 19.8 Å². The van der Waals surface area contributed by atoms with Gasteiger partial charge in [-0.05, 0) is 35.7 Å². The summed E-state index contributed by atoms with van der Waals surface area (Å²) in [6, 6.07) is 11.0. The van der Waals surface area contributed by atoms with Gasteiger partial charge in [-0.25, -0.2) is 8.42 Å². The second-order valence-corrected chi connectivity index (χ2v) is 10.4. The molecular formula is C20H26N2O5S2. The average molecular weight is 439 g/mol.